The Morgan fingerprint density at radius 3 is 2.04 bits per heavy atom. The Morgan fingerprint density at radius 2 is 1.54 bits per heavy atom. The Hall–Kier alpha value is -3.21. The lowest BCUT2D eigenvalue weighted by Crippen LogP contribution is -2.52. The second-order valence-corrected chi connectivity index (χ2v) is 6.30. The Kier molecular flexibility index (Phi) is 5.41. The van der Waals surface area contributed by atoms with Crippen molar-refractivity contribution < 1.29 is 24.6 Å². The minimum Gasteiger partial charge on any atom is -0.549 e. The molecule has 0 amide bonds. The summed E-state index contributed by atoms with van der Waals surface area (Å²) in [5.41, 5.74) is -0.996. The lowest BCUT2D eigenvalue weighted by atomic mass is 9.70. The lowest BCUT2D eigenvalue weighted by Gasteiger charge is -2.37. The Labute approximate surface area is 151 Å². The van der Waals surface area contributed by atoms with Gasteiger partial charge in [-0.3, -0.25) is 4.79 Å². The highest BCUT2D eigenvalue weighted by molar-refractivity contribution is 6.06. The van der Waals surface area contributed by atoms with Crippen LogP contribution in [0.2, 0.25) is 0 Å². The third-order valence-electron chi connectivity index (χ3n) is 4.39. The fourth-order valence-corrected chi connectivity index (χ4v) is 2.94. The molecule has 0 aliphatic heterocycles. The minimum atomic E-state index is -2.22. The molecule has 0 aliphatic rings. The largest absolute Gasteiger partial charge is 0.549 e. The fourth-order valence-electron chi connectivity index (χ4n) is 2.94. The average Bonchev–Trinajstić information content (AvgIpc) is 2.58. The summed E-state index contributed by atoms with van der Waals surface area (Å²) >= 11 is 0. The molecule has 2 aromatic carbocycles. The number of aliphatic carboxylic acids is 2. The Bertz CT molecular complexity index is 897. The summed E-state index contributed by atoms with van der Waals surface area (Å²) in [5, 5.41) is 23.6. The van der Waals surface area contributed by atoms with E-state index in [1.165, 1.54) is 12.1 Å². The molecular weight excluding hydrogens is 332 g/mol. The fraction of sp³-hybridized carbons (Fsp3) is 0.190. The lowest BCUT2D eigenvalue weighted by molar-refractivity contribution is -0.317. The molecule has 0 radical (unpaired) electrons. The highest BCUT2D eigenvalue weighted by Gasteiger charge is 2.40. The van der Waals surface area contributed by atoms with E-state index < -0.39 is 35.1 Å². The highest BCUT2D eigenvalue weighted by atomic mass is 16.4. The SMILES string of the molecule is C=C(C(=O)[O-])C(CC(=O)c1cccc(C)c1)(C(=O)[O-])c1cccc(C)c1. The number of rotatable bonds is 7. The van der Waals surface area contributed by atoms with Gasteiger partial charge in [0.25, 0.3) is 0 Å². The molecule has 0 heterocycles. The van der Waals surface area contributed by atoms with Crippen LogP contribution in [0.3, 0.4) is 0 Å². The van der Waals surface area contributed by atoms with Crippen molar-refractivity contribution in [2.75, 3.05) is 0 Å². The first-order valence-corrected chi connectivity index (χ1v) is 7.97. The van der Waals surface area contributed by atoms with Gasteiger partial charge >= 0.3 is 0 Å². The van der Waals surface area contributed by atoms with Crippen LogP contribution in [0.15, 0.2) is 60.7 Å². The summed E-state index contributed by atoms with van der Waals surface area (Å²) in [6.45, 7) is 6.91. The van der Waals surface area contributed by atoms with E-state index in [0.717, 1.165) is 5.56 Å². The summed E-state index contributed by atoms with van der Waals surface area (Å²) in [4.78, 5) is 36.3. The first kappa shape index (κ1) is 19.1. The number of carbonyl (C=O) groups excluding carboxylic acids is 3. The molecule has 0 fully saturated rings. The Morgan fingerprint density at radius 1 is 0.962 bits per heavy atom. The van der Waals surface area contributed by atoms with Crippen LogP contribution in [-0.4, -0.2) is 17.7 Å². The third kappa shape index (κ3) is 3.57. The van der Waals surface area contributed by atoms with Crippen molar-refractivity contribution >= 4 is 17.7 Å². The number of carboxylic acids is 2. The van der Waals surface area contributed by atoms with Crippen LogP contribution in [0.25, 0.3) is 0 Å². The molecule has 0 N–H and O–H groups in total. The van der Waals surface area contributed by atoms with Gasteiger partial charge in [-0.1, -0.05) is 60.2 Å². The maximum absolute atomic E-state index is 12.8. The first-order valence-electron chi connectivity index (χ1n) is 7.97. The van der Waals surface area contributed by atoms with Crippen LogP contribution in [0, 0.1) is 13.8 Å². The van der Waals surface area contributed by atoms with Gasteiger partial charge in [0.05, 0.1) is 17.4 Å². The molecule has 0 aliphatic carbocycles. The van der Waals surface area contributed by atoms with E-state index >= 15 is 0 Å². The van der Waals surface area contributed by atoms with Crippen LogP contribution in [0.1, 0.15) is 33.5 Å². The van der Waals surface area contributed by atoms with E-state index in [4.69, 9.17) is 0 Å². The minimum absolute atomic E-state index is 0.118. The summed E-state index contributed by atoms with van der Waals surface area (Å²) < 4.78 is 0. The van der Waals surface area contributed by atoms with E-state index in [1.54, 1.807) is 50.2 Å². The molecule has 5 nitrogen and oxygen atoms in total. The van der Waals surface area contributed by atoms with Crippen LogP contribution in [0.5, 0.6) is 0 Å². The van der Waals surface area contributed by atoms with Crippen LogP contribution >= 0.6 is 0 Å². The smallest absolute Gasteiger partial charge is 0.164 e. The predicted octanol–water partition coefficient (Wildman–Crippen LogP) is 0.870. The molecular formula is C21H18O5-2. The number of hydrogen-bond acceptors (Lipinski definition) is 5. The monoisotopic (exact) mass is 350 g/mol. The zero-order valence-electron chi connectivity index (χ0n) is 14.6. The molecule has 0 spiro atoms. The van der Waals surface area contributed by atoms with E-state index in [-0.39, 0.29) is 11.1 Å². The third-order valence-corrected chi connectivity index (χ3v) is 4.39. The van der Waals surface area contributed by atoms with Gasteiger partial charge in [0.1, 0.15) is 0 Å². The van der Waals surface area contributed by atoms with Crippen molar-refractivity contribution in [1.29, 1.82) is 0 Å². The number of carboxylic acid groups (broad SMARTS) is 2. The van der Waals surface area contributed by atoms with Crippen LogP contribution < -0.4 is 10.2 Å². The standard InChI is InChI=1S/C21H20O5/c1-13-6-4-8-16(10-13)18(22)12-21(20(25)26,15(3)19(23)24)17-9-5-7-14(2)11-17/h4-11H,3,12H2,1-2H3,(H,23,24)(H,25,26)/p-2. The average molecular weight is 350 g/mol. The molecule has 134 valence electrons. The number of hydrogen-bond donors (Lipinski definition) is 0. The molecule has 2 rings (SSSR count). The zero-order valence-corrected chi connectivity index (χ0v) is 14.6. The van der Waals surface area contributed by atoms with Gasteiger partial charge in [0.2, 0.25) is 0 Å². The first-order chi connectivity index (χ1) is 12.2. The highest BCUT2D eigenvalue weighted by Crippen LogP contribution is 2.36. The van der Waals surface area contributed by atoms with Gasteiger partial charge in [-0.05, 0) is 31.1 Å². The molecule has 2 aromatic rings. The van der Waals surface area contributed by atoms with E-state index in [2.05, 4.69) is 6.58 Å². The van der Waals surface area contributed by atoms with E-state index in [9.17, 15) is 24.6 Å². The number of carbonyl (C=O) groups is 3. The summed E-state index contributed by atoms with van der Waals surface area (Å²) in [5.74, 6) is -3.98. The Balaban J connectivity index is 2.63. The molecule has 0 saturated carbocycles. The molecule has 0 aromatic heterocycles. The second-order valence-electron chi connectivity index (χ2n) is 6.30. The van der Waals surface area contributed by atoms with Crippen LogP contribution in [-0.2, 0) is 15.0 Å². The van der Waals surface area contributed by atoms with E-state index in [0.29, 0.717) is 5.56 Å². The molecule has 1 atom stereocenters. The molecule has 5 heteroatoms. The summed E-state index contributed by atoms with van der Waals surface area (Å²) in [6, 6.07) is 12.9. The molecule has 0 saturated heterocycles. The number of aryl methyl sites for hydroxylation is 2. The number of Topliss-reactive ketones (excluding diaryl/α,β-unsaturated/α-hetero) is 1. The van der Waals surface area contributed by atoms with Gasteiger partial charge in [-0.2, -0.15) is 0 Å². The zero-order chi connectivity index (χ0) is 19.5. The van der Waals surface area contributed by atoms with Gasteiger partial charge in [0.15, 0.2) is 5.78 Å². The number of benzene rings is 2. The van der Waals surface area contributed by atoms with Gasteiger partial charge in [-0.15, -0.1) is 0 Å². The van der Waals surface area contributed by atoms with Crippen molar-refractivity contribution in [3.63, 3.8) is 0 Å². The number of ketones is 1. The molecule has 26 heavy (non-hydrogen) atoms. The van der Waals surface area contributed by atoms with Crippen molar-refractivity contribution in [2.45, 2.75) is 25.7 Å². The second kappa shape index (κ2) is 7.35. The summed E-state index contributed by atoms with van der Waals surface area (Å²) in [7, 11) is 0. The van der Waals surface area contributed by atoms with Crippen molar-refractivity contribution in [3.8, 4) is 0 Å². The van der Waals surface area contributed by atoms with Crippen molar-refractivity contribution in [3.05, 3.63) is 82.9 Å². The molecule has 0 bridgehead atoms. The maximum atomic E-state index is 12.8. The van der Waals surface area contributed by atoms with Gasteiger partial charge < -0.3 is 19.8 Å². The van der Waals surface area contributed by atoms with Crippen molar-refractivity contribution in [1.82, 2.24) is 0 Å². The van der Waals surface area contributed by atoms with Crippen LogP contribution in [0.4, 0.5) is 0 Å². The predicted molar refractivity (Wildman–Crippen MR) is 92.1 cm³/mol. The normalized spacial score (nSPS) is 12.8. The van der Waals surface area contributed by atoms with E-state index in [1.807, 2.05) is 0 Å². The van der Waals surface area contributed by atoms with Gasteiger partial charge in [0, 0.05) is 12.0 Å². The van der Waals surface area contributed by atoms with Crippen molar-refractivity contribution in [2.24, 2.45) is 0 Å². The summed E-state index contributed by atoms with van der Waals surface area (Å²) in [6.07, 6.45) is -0.630. The maximum Gasteiger partial charge on any atom is 0.164 e. The molecule has 1 unspecified atom stereocenters. The van der Waals surface area contributed by atoms with Gasteiger partial charge in [-0.25, -0.2) is 0 Å². The topological polar surface area (TPSA) is 97.3 Å². The quantitative estimate of drug-likeness (QED) is 0.545.